The van der Waals surface area contributed by atoms with E-state index in [1.165, 1.54) is 0 Å². The number of nitro groups is 1. The van der Waals surface area contributed by atoms with E-state index in [2.05, 4.69) is 0 Å². The second-order valence-electron chi connectivity index (χ2n) is 3.44. The smallest absolute Gasteiger partial charge is 0.330 e. The number of nitrogens with zero attached hydrogens (tertiary/aromatic N) is 3. The Balaban J connectivity index is 3.45. The molecule has 0 aliphatic rings. The lowest BCUT2D eigenvalue weighted by molar-refractivity contribution is -0.387. The van der Waals surface area contributed by atoms with Crippen LogP contribution in [0.15, 0.2) is 15.8 Å². The third-order valence-electron chi connectivity index (χ3n) is 2.34. The Hall–Kier alpha value is -1.96. The van der Waals surface area contributed by atoms with Gasteiger partial charge in [-0.05, 0) is 19.9 Å². The van der Waals surface area contributed by atoms with Crippen molar-refractivity contribution in [3.8, 4) is 0 Å². The van der Waals surface area contributed by atoms with Crippen molar-refractivity contribution in [3.05, 3.63) is 37.1 Å². The molecule has 8 heteroatoms. The molecule has 8 nitrogen and oxygen atoms in total. The molecular weight excluding hydrogens is 228 g/mol. The molecule has 0 aromatic carbocycles. The molecule has 1 heterocycles. The summed E-state index contributed by atoms with van der Waals surface area (Å²) in [5.41, 5.74) is 3.27. The number of hydrogen-bond acceptors (Lipinski definition) is 5. The van der Waals surface area contributed by atoms with E-state index in [4.69, 9.17) is 5.73 Å². The van der Waals surface area contributed by atoms with Gasteiger partial charge in [0.15, 0.2) is 0 Å². The number of hydrogen-bond donors (Lipinski definition) is 1. The van der Waals surface area contributed by atoms with Crippen molar-refractivity contribution >= 4 is 5.69 Å². The first kappa shape index (κ1) is 13.1. The van der Waals surface area contributed by atoms with E-state index >= 15 is 0 Å². The Morgan fingerprint density at radius 1 is 1.47 bits per heavy atom. The third kappa shape index (κ3) is 2.59. The fraction of sp³-hybridized carbons (Fsp3) is 0.556. The lowest BCUT2D eigenvalue weighted by atomic mass is 10.4. The lowest BCUT2D eigenvalue weighted by Crippen LogP contribution is -2.40. The van der Waals surface area contributed by atoms with Crippen molar-refractivity contribution in [2.75, 3.05) is 6.54 Å². The van der Waals surface area contributed by atoms with E-state index in [-0.39, 0.29) is 13.1 Å². The highest BCUT2D eigenvalue weighted by atomic mass is 16.6. The van der Waals surface area contributed by atoms with Gasteiger partial charge in [-0.2, -0.15) is 0 Å². The van der Waals surface area contributed by atoms with Crippen LogP contribution in [0.25, 0.3) is 0 Å². The van der Waals surface area contributed by atoms with E-state index < -0.39 is 21.9 Å². The summed E-state index contributed by atoms with van der Waals surface area (Å²) in [4.78, 5) is 33.3. The van der Waals surface area contributed by atoms with Gasteiger partial charge in [0, 0.05) is 13.1 Å². The molecule has 0 amide bonds. The molecule has 0 saturated carbocycles. The van der Waals surface area contributed by atoms with Gasteiger partial charge in [0.05, 0.1) is 11.1 Å². The van der Waals surface area contributed by atoms with Gasteiger partial charge >= 0.3 is 16.9 Å². The molecule has 0 unspecified atom stereocenters. The zero-order valence-electron chi connectivity index (χ0n) is 9.46. The van der Waals surface area contributed by atoms with Gasteiger partial charge in [-0.1, -0.05) is 0 Å². The van der Waals surface area contributed by atoms with Crippen LogP contribution in [-0.2, 0) is 13.1 Å². The first-order valence-electron chi connectivity index (χ1n) is 5.21. The summed E-state index contributed by atoms with van der Waals surface area (Å²) < 4.78 is 1.99. The summed E-state index contributed by atoms with van der Waals surface area (Å²) >= 11 is 0. The highest BCUT2D eigenvalue weighted by Crippen LogP contribution is 2.00. The molecule has 0 aliphatic heterocycles. The quantitative estimate of drug-likeness (QED) is 0.541. The van der Waals surface area contributed by atoms with Gasteiger partial charge in [-0.15, -0.1) is 0 Å². The van der Waals surface area contributed by atoms with E-state index in [1.54, 1.807) is 6.92 Å². The Morgan fingerprint density at radius 2 is 2.12 bits per heavy atom. The molecule has 0 saturated heterocycles. The average Bonchev–Trinajstić information content (AvgIpc) is 2.29. The minimum atomic E-state index is -0.877. The zero-order chi connectivity index (χ0) is 13.0. The number of rotatable bonds is 5. The number of nitrogens with two attached hydrogens (primary N) is 1. The highest BCUT2D eigenvalue weighted by molar-refractivity contribution is 5.21. The van der Waals surface area contributed by atoms with Crippen molar-refractivity contribution < 1.29 is 4.92 Å². The maximum Gasteiger partial charge on any atom is 0.350 e. The number of aryl methyl sites for hydroxylation is 1. The highest BCUT2D eigenvalue weighted by Gasteiger charge is 2.18. The van der Waals surface area contributed by atoms with Crippen LogP contribution in [-0.4, -0.2) is 20.6 Å². The van der Waals surface area contributed by atoms with Crippen LogP contribution in [0.3, 0.4) is 0 Å². The molecule has 1 aromatic heterocycles. The van der Waals surface area contributed by atoms with E-state index in [0.29, 0.717) is 13.0 Å². The third-order valence-corrected chi connectivity index (χ3v) is 2.34. The largest absolute Gasteiger partial charge is 0.350 e. The van der Waals surface area contributed by atoms with Crippen molar-refractivity contribution in [2.24, 2.45) is 5.73 Å². The Labute approximate surface area is 96.4 Å². The van der Waals surface area contributed by atoms with Crippen molar-refractivity contribution in [2.45, 2.75) is 26.4 Å². The summed E-state index contributed by atoms with van der Waals surface area (Å²) in [5.74, 6) is 0. The van der Waals surface area contributed by atoms with Crippen molar-refractivity contribution in [1.82, 2.24) is 9.13 Å². The summed E-state index contributed by atoms with van der Waals surface area (Å²) in [7, 11) is 0. The fourth-order valence-corrected chi connectivity index (χ4v) is 1.44. The molecule has 0 atom stereocenters. The van der Waals surface area contributed by atoms with Crippen LogP contribution in [0, 0.1) is 10.1 Å². The molecule has 94 valence electrons. The molecule has 0 fully saturated rings. The molecule has 0 radical (unpaired) electrons. The van der Waals surface area contributed by atoms with Crippen molar-refractivity contribution in [3.63, 3.8) is 0 Å². The second-order valence-corrected chi connectivity index (χ2v) is 3.44. The van der Waals surface area contributed by atoms with Gasteiger partial charge in [-0.25, -0.2) is 4.79 Å². The van der Waals surface area contributed by atoms with Gasteiger partial charge in [0.1, 0.15) is 0 Å². The van der Waals surface area contributed by atoms with Crippen LogP contribution in [0.1, 0.15) is 13.3 Å². The molecule has 2 N–H and O–H groups in total. The normalized spacial score (nSPS) is 10.5. The summed E-state index contributed by atoms with van der Waals surface area (Å²) in [6, 6.07) is 0. The predicted molar refractivity (Wildman–Crippen MR) is 61.0 cm³/mol. The summed E-state index contributed by atoms with van der Waals surface area (Å²) in [6.45, 7) is 2.34. The van der Waals surface area contributed by atoms with E-state index in [9.17, 15) is 19.7 Å². The summed E-state index contributed by atoms with van der Waals surface area (Å²) in [5, 5.41) is 10.7. The molecule has 17 heavy (non-hydrogen) atoms. The molecule has 0 bridgehead atoms. The van der Waals surface area contributed by atoms with E-state index in [1.807, 2.05) is 0 Å². The Morgan fingerprint density at radius 3 is 2.59 bits per heavy atom. The number of aromatic nitrogens is 2. The second kappa shape index (κ2) is 5.39. The first-order valence-corrected chi connectivity index (χ1v) is 5.21. The topological polar surface area (TPSA) is 113 Å². The van der Waals surface area contributed by atoms with Crippen LogP contribution in [0.5, 0.6) is 0 Å². The standard InChI is InChI=1S/C9H14N4O4/c1-2-11-6-7(13(16)17)8(14)12(9(11)15)5-3-4-10/h6H,2-5,10H2,1H3. The average molecular weight is 242 g/mol. The Bertz CT molecular complexity index is 531. The molecular formula is C9H14N4O4. The minimum Gasteiger partial charge on any atom is -0.330 e. The van der Waals surface area contributed by atoms with Gasteiger partial charge in [0.2, 0.25) is 0 Å². The van der Waals surface area contributed by atoms with Gasteiger partial charge in [-0.3, -0.25) is 24.0 Å². The fourth-order valence-electron chi connectivity index (χ4n) is 1.44. The SMILES string of the molecule is CCn1cc([N+](=O)[O-])c(=O)n(CCCN)c1=O. The molecule has 1 rings (SSSR count). The van der Waals surface area contributed by atoms with Crippen molar-refractivity contribution in [1.29, 1.82) is 0 Å². The minimum absolute atomic E-state index is 0.0931. The van der Waals surface area contributed by atoms with Crippen LogP contribution >= 0.6 is 0 Å². The summed E-state index contributed by atoms with van der Waals surface area (Å²) in [6.07, 6.45) is 1.39. The lowest BCUT2D eigenvalue weighted by Gasteiger charge is -2.07. The van der Waals surface area contributed by atoms with Crippen LogP contribution < -0.4 is 17.0 Å². The van der Waals surface area contributed by atoms with E-state index in [0.717, 1.165) is 15.3 Å². The van der Waals surface area contributed by atoms with Crippen LogP contribution in [0.2, 0.25) is 0 Å². The zero-order valence-corrected chi connectivity index (χ0v) is 9.46. The van der Waals surface area contributed by atoms with Crippen LogP contribution in [0.4, 0.5) is 5.69 Å². The molecule has 0 aliphatic carbocycles. The molecule has 0 spiro atoms. The van der Waals surface area contributed by atoms with Gasteiger partial charge < -0.3 is 5.73 Å². The maximum atomic E-state index is 11.8. The first-order chi connectivity index (χ1) is 8.02. The monoisotopic (exact) mass is 242 g/mol. The Kier molecular flexibility index (Phi) is 4.16. The molecule has 1 aromatic rings. The van der Waals surface area contributed by atoms with Gasteiger partial charge in [0.25, 0.3) is 0 Å². The maximum absolute atomic E-state index is 11.8. The predicted octanol–water partition coefficient (Wildman–Crippen LogP) is -0.713.